The Hall–Kier alpha value is -2.93. The molecule has 1 atom stereocenters. The number of hydrogen-bond donors (Lipinski definition) is 1. The van der Waals surface area contributed by atoms with Gasteiger partial charge in [0, 0.05) is 28.5 Å². The Balaban J connectivity index is 1.63. The molecule has 1 fully saturated rings. The Labute approximate surface area is 195 Å². The topological polar surface area (TPSA) is 54.7 Å². The van der Waals surface area contributed by atoms with Crippen LogP contribution in [-0.2, 0) is 4.74 Å². The summed E-state index contributed by atoms with van der Waals surface area (Å²) in [6, 6.07) is 25.2. The monoisotopic (exact) mass is 490 g/mol. The third-order valence-corrected chi connectivity index (χ3v) is 6.27. The molecule has 1 amide bonds. The molecule has 1 aromatic heterocycles. The maximum absolute atomic E-state index is 13.1. The summed E-state index contributed by atoms with van der Waals surface area (Å²) in [5.41, 5.74) is 3.18. The van der Waals surface area contributed by atoms with E-state index in [2.05, 4.69) is 38.3 Å². The van der Waals surface area contributed by atoms with Crippen LogP contribution in [0.15, 0.2) is 87.8 Å². The standard InChI is InChI=1S/C26H23BrN2O3/c27-20-12-10-18(11-13-20)24(29-14-16-31-17-15-29)25-23(21-8-4-5-9-22(21)32-25)28-26(30)19-6-2-1-3-7-19/h1-13,24H,14-17H2,(H,28,30)/t24-/m1/s1. The number of carbonyl (C=O) groups is 1. The molecule has 3 aromatic carbocycles. The number of nitrogens with zero attached hydrogens (tertiary/aromatic N) is 1. The van der Waals surface area contributed by atoms with Gasteiger partial charge < -0.3 is 14.5 Å². The third kappa shape index (κ3) is 4.21. The number of benzene rings is 3. The predicted octanol–water partition coefficient (Wildman–Crippen LogP) is 5.87. The molecular weight excluding hydrogens is 468 g/mol. The summed E-state index contributed by atoms with van der Waals surface area (Å²) in [5, 5.41) is 4.04. The lowest BCUT2D eigenvalue weighted by Crippen LogP contribution is -2.39. The van der Waals surface area contributed by atoms with Gasteiger partial charge in [0.15, 0.2) is 0 Å². The van der Waals surface area contributed by atoms with Crippen molar-refractivity contribution in [2.24, 2.45) is 0 Å². The van der Waals surface area contributed by atoms with Gasteiger partial charge in [-0.1, -0.05) is 58.4 Å². The molecule has 162 valence electrons. The van der Waals surface area contributed by atoms with Gasteiger partial charge in [0.1, 0.15) is 11.3 Å². The first-order valence-electron chi connectivity index (χ1n) is 10.7. The van der Waals surface area contributed by atoms with E-state index in [1.807, 2.05) is 66.7 Å². The first-order chi connectivity index (χ1) is 15.7. The SMILES string of the molecule is O=C(Nc1c([C@@H](c2ccc(Br)cc2)N2CCOCC2)oc2ccccc12)c1ccccc1. The number of amides is 1. The second kappa shape index (κ2) is 9.28. The molecule has 0 radical (unpaired) electrons. The Bertz CT molecular complexity index is 1220. The summed E-state index contributed by atoms with van der Waals surface area (Å²) >= 11 is 3.53. The van der Waals surface area contributed by atoms with Crippen LogP contribution in [0, 0.1) is 0 Å². The smallest absolute Gasteiger partial charge is 0.255 e. The molecular formula is C26H23BrN2O3. The number of para-hydroxylation sites is 1. The first-order valence-corrected chi connectivity index (χ1v) is 11.4. The number of halogens is 1. The highest BCUT2D eigenvalue weighted by Gasteiger charge is 2.31. The van der Waals surface area contributed by atoms with Crippen molar-refractivity contribution in [3.63, 3.8) is 0 Å². The molecule has 0 saturated carbocycles. The first kappa shape index (κ1) is 20.9. The average Bonchev–Trinajstić information content (AvgIpc) is 3.19. The summed E-state index contributed by atoms with van der Waals surface area (Å²) in [6.07, 6.45) is 0. The van der Waals surface area contributed by atoms with E-state index < -0.39 is 0 Å². The van der Waals surface area contributed by atoms with Gasteiger partial charge in [-0.05, 0) is 42.0 Å². The summed E-state index contributed by atoms with van der Waals surface area (Å²) in [4.78, 5) is 15.4. The van der Waals surface area contributed by atoms with Gasteiger partial charge in [0.25, 0.3) is 5.91 Å². The van der Waals surface area contributed by atoms with Crippen molar-refractivity contribution in [3.8, 4) is 0 Å². The van der Waals surface area contributed by atoms with E-state index in [1.54, 1.807) is 0 Å². The molecule has 0 aliphatic carbocycles. The molecule has 5 rings (SSSR count). The maximum atomic E-state index is 13.1. The second-order valence-corrected chi connectivity index (χ2v) is 8.68. The van der Waals surface area contributed by atoms with E-state index in [0.717, 1.165) is 39.9 Å². The molecule has 1 aliphatic heterocycles. The zero-order chi connectivity index (χ0) is 21.9. The van der Waals surface area contributed by atoms with E-state index in [-0.39, 0.29) is 11.9 Å². The molecule has 2 heterocycles. The van der Waals surface area contributed by atoms with E-state index >= 15 is 0 Å². The number of morpholine rings is 1. The molecule has 0 unspecified atom stereocenters. The third-order valence-electron chi connectivity index (χ3n) is 5.74. The van der Waals surface area contributed by atoms with E-state index in [1.165, 1.54) is 0 Å². The average molecular weight is 491 g/mol. The van der Waals surface area contributed by atoms with Gasteiger partial charge in [0.2, 0.25) is 0 Å². The number of carbonyl (C=O) groups excluding carboxylic acids is 1. The number of nitrogens with one attached hydrogen (secondary N) is 1. The van der Waals surface area contributed by atoms with Crippen molar-refractivity contribution in [2.75, 3.05) is 31.6 Å². The van der Waals surface area contributed by atoms with Crippen LogP contribution in [0.2, 0.25) is 0 Å². The number of hydrogen-bond acceptors (Lipinski definition) is 4. The highest BCUT2D eigenvalue weighted by molar-refractivity contribution is 9.10. The lowest BCUT2D eigenvalue weighted by Gasteiger charge is -2.34. The zero-order valence-corrected chi connectivity index (χ0v) is 19.0. The molecule has 1 saturated heterocycles. The fourth-order valence-corrected chi connectivity index (χ4v) is 4.43. The summed E-state index contributed by atoms with van der Waals surface area (Å²) in [5.74, 6) is 0.578. The molecule has 6 heteroatoms. The van der Waals surface area contributed by atoms with Crippen LogP contribution in [0.1, 0.15) is 27.7 Å². The highest BCUT2D eigenvalue weighted by atomic mass is 79.9. The van der Waals surface area contributed by atoms with Crippen molar-refractivity contribution < 1.29 is 13.9 Å². The quantitative estimate of drug-likeness (QED) is 0.380. The number of furan rings is 1. The van der Waals surface area contributed by atoms with Crippen LogP contribution >= 0.6 is 15.9 Å². The van der Waals surface area contributed by atoms with Gasteiger partial charge in [-0.15, -0.1) is 0 Å². The Morgan fingerprint density at radius 3 is 2.34 bits per heavy atom. The minimum absolute atomic E-state index is 0.148. The molecule has 1 aliphatic rings. The molecule has 5 nitrogen and oxygen atoms in total. The van der Waals surface area contributed by atoms with Crippen molar-refractivity contribution in [2.45, 2.75) is 6.04 Å². The van der Waals surface area contributed by atoms with Gasteiger partial charge >= 0.3 is 0 Å². The predicted molar refractivity (Wildman–Crippen MR) is 129 cm³/mol. The fourth-order valence-electron chi connectivity index (χ4n) is 4.17. The summed E-state index contributed by atoms with van der Waals surface area (Å²) < 4.78 is 13.0. The summed E-state index contributed by atoms with van der Waals surface area (Å²) in [6.45, 7) is 2.89. The molecule has 1 N–H and O–H groups in total. The lowest BCUT2D eigenvalue weighted by molar-refractivity contribution is 0.0206. The molecule has 4 aromatic rings. The Kier molecular flexibility index (Phi) is 6.08. The second-order valence-electron chi connectivity index (χ2n) is 7.76. The number of rotatable bonds is 5. The van der Waals surface area contributed by atoms with Crippen molar-refractivity contribution in [1.29, 1.82) is 0 Å². The Morgan fingerprint density at radius 1 is 0.906 bits per heavy atom. The highest BCUT2D eigenvalue weighted by Crippen LogP contribution is 2.41. The maximum Gasteiger partial charge on any atom is 0.255 e. The minimum Gasteiger partial charge on any atom is -0.457 e. The molecule has 32 heavy (non-hydrogen) atoms. The van der Waals surface area contributed by atoms with Crippen molar-refractivity contribution >= 4 is 38.5 Å². The number of ether oxygens (including phenoxy) is 1. The lowest BCUT2D eigenvalue weighted by atomic mass is 10.00. The van der Waals surface area contributed by atoms with Crippen LogP contribution in [0.5, 0.6) is 0 Å². The van der Waals surface area contributed by atoms with Crippen LogP contribution < -0.4 is 5.32 Å². The van der Waals surface area contributed by atoms with Crippen LogP contribution in [-0.4, -0.2) is 37.1 Å². The van der Waals surface area contributed by atoms with Gasteiger partial charge in [-0.25, -0.2) is 0 Å². The normalized spacial score (nSPS) is 15.5. The van der Waals surface area contributed by atoms with Crippen LogP contribution in [0.3, 0.4) is 0 Å². The molecule has 0 spiro atoms. The van der Waals surface area contributed by atoms with E-state index in [9.17, 15) is 4.79 Å². The molecule has 0 bridgehead atoms. The zero-order valence-electron chi connectivity index (χ0n) is 17.5. The van der Waals surface area contributed by atoms with Gasteiger partial charge in [-0.2, -0.15) is 0 Å². The fraction of sp³-hybridized carbons (Fsp3) is 0.192. The van der Waals surface area contributed by atoms with Crippen LogP contribution in [0.4, 0.5) is 5.69 Å². The van der Waals surface area contributed by atoms with Crippen molar-refractivity contribution in [3.05, 3.63) is 100 Å². The Morgan fingerprint density at radius 2 is 1.59 bits per heavy atom. The largest absolute Gasteiger partial charge is 0.457 e. The number of fused-ring (bicyclic) bond motifs is 1. The van der Waals surface area contributed by atoms with Gasteiger partial charge in [0.05, 0.1) is 24.9 Å². The van der Waals surface area contributed by atoms with E-state index in [0.29, 0.717) is 24.5 Å². The van der Waals surface area contributed by atoms with E-state index in [4.69, 9.17) is 9.15 Å². The van der Waals surface area contributed by atoms with Crippen molar-refractivity contribution in [1.82, 2.24) is 4.90 Å². The van der Waals surface area contributed by atoms with Crippen LogP contribution in [0.25, 0.3) is 11.0 Å². The minimum atomic E-state index is -0.157. The van der Waals surface area contributed by atoms with Gasteiger partial charge in [-0.3, -0.25) is 9.69 Å². The summed E-state index contributed by atoms with van der Waals surface area (Å²) in [7, 11) is 0. The number of anilines is 1.